The summed E-state index contributed by atoms with van der Waals surface area (Å²) >= 11 is 0. The first-order valence-corrected chi connectivity index (χ1v) is 18.7. The molecule has 16 nitrogen and oxygen atoms in total. The van der Waals surface area contributed by atoms with Gasteiger partial charge in [0.15, 0.2) is 23.1 Å². The zero-order chi connectivity index (χ0) is 42.1. The molecule has 0 fully saturated rings. The van der Waals surface area contributed by atoms with Gasteiger partial charge in [0.25, 0.3) is 0 Å². The quantitative estimate of drug-likeness (QED) is 0.196. The van der Waals surface area contributed by atoms with Crippen LogP contribution in [0.2, 0.25) is 0 Å². The Morgan fingerprint density at radius 1 is 0.982 bits per heavy atom. The molecule has 310 valence electrons. The van der Waals surface area contributed by atoms with Crippen LogP contribution in [0.25, 0.3) is 0 Å². The minimum Gasteiger partial charge on any atom is -0.494 e. The van der Waals surface area contributed by atoms with Crippen molar-refractivity contribution in [2.75, 3.05) is 28.3 Å². The SMILES string of the molecule is COc1ccc(C[C@@H](C(=O)N[C@@H](C)C(=O)N(C)[C@H]2CC3CC=C(CC3)Oc3cc(ccc3OC)C[C@@H](C(=O)O)NC2=O)N(C)C(=O)[C@H](C)NC(=O)[C@@H](C)N)cc1F. The normalized spacial score (nSPS) is 20.1. The van der Waals surface area contributed by atoms with E-state index >= 15 is 0 Å². The standard InChI is InChI=1S/C40H53FN6O10/c1-21(42)35(48)43-22(2)38(51)47(5)31(19-25-10-14-32(55-6)28(41)16-25)36(49)44-23(3)39(52)46(4)30-18-24-8-12-27(13-9-24)57-34-20-26(11-15-33(34)56-7)17-29(40(53)54)45-37(30)50/h10-12,14-16,20-24,29-31H,8-9,13,17-19,42H2,1-7H3,(H,43,48)(H,44,49)(H,45,50)(H,53,54)/t21-,22+,23+,24?,29+,30+,31+/m1/s1. The number of nitrogens with one attached hydrogen (secondary N) is 3. The van der Waals surface area contributed by atoms with Gasteiger partial charge in [0.1, 0.15) is 36.0 Å². The number of hydrogen-bond donors (Lipinski definition) is 5. The van der Waals surface area contributed by atoms with Crippen molar-refractivity contribution < 1.29 is 52.5 Å². The van der Waals surface area contributed by atoms with Gasteiger partial charge in [-0.25, -0.2) is 9.18 Å². The van der Waals surface area contributed by atoms with E-state index in [-0.39, 0.29) is 30.9 Å². The molecule has 57 heavy (non-hydrogen) atoms. The van der Waals surface area contributed by atoms with Crippen molar-refractivity contribution >= 4 is 35.5 Å². The number of carboxylic acid groups (broad SMARTS) is 1. The van der Waals surface area contributed by atoms with Crippen molar-refractivity contribution in [1.82, 2.24) is 25.8 Å². The highest BCUT2D eigenvalue weighted by Crippen LogP contribution is 2.35. The van der Waals surface area contributed by atoms with Crippen molar-refractivity contribution in [3.63, 3.8) is 0 Å². The van der Waals surface area contributed by atoms with Crippen molar-refractivity contribution in [2.45, 2.75) is 95.5 Å². The van der Waals surface area contributed by atoms with Gasteiger partial charge in [-0.3, -0.25) is 24.0 Å². The molecular formula is C40H53FN6O10. The smallest absolute Gasteiger partial charge is 0.326 e. The molecule has 2 aromatic rings. The fraction of sp³-hybridized carbons (Fsp3) is 0.500. The molecule has 0 spiro atoms. The topological polar surface area (TPSA) is 219 Å². The summed E-state index contributed by atoms with van der Waals surface area (Å²) in [5.41, 5.74) is 6.55. The van der Waals surface area contributed by atoms with Gasteiger partial charge < -0.3 is 50.8 Å². The van der Waals surface area contributed by atoms with Crippen LogP contribution in [-0.2, 0) is 41.6 Å². The molecule has 2 aromatic carbocycles. The number of ether oxygens (including phenoxy) is 3. The Labute approximate surface area is 331 Å². The van der Waals surface area contributed by atoms with Gasteiger partial charge in [0.2, 0.25) is 29.5 Å². The molecule has 0 saturated carbocycles. The van der Waals surface area contributed by atoms with Crippen LogP contribution in [0.5, 0.6) is 17.2 Å². The average molecular weight is 797 g/mol. The van der Waals surface area contributed by atoms with E-state index in [2.05, 4.69) is 16.0 Å². The zero-order valence-electron chi connectivity index (χ0n) is 33.3. The van der Waals surface area contributed by atoms with Crippen molar-refractivity contribution in [1.29, 1.82) is 0 Å². The molecule has 4 bridgehead atoms. The molecule has 1 unspecified atom stereocenters. The predicted octanol–water partition coefficient (Wildman–Crippen LogP) is 1.67. The second-order valence-corrected chi connectivity index (χ2v) is 14.6. The number of amides is 5. The van der Waals surface area contributed by atoms with Crippen LogP contribution in [0.15, 0.2) is 48.2 Å². The van der Waals surface area contributed by atoms with Crippen molar-refractivity contribution in [3.05, 3.63) is 65.2 Å². The number of likely N-dealkylation sites (N-methyl/N-ethyl adjacent to an activating group) is 2. The van der Waals surface area contributed by atoms with E-state index in [4.69, 9.17) is 19.9 Å². The zero-order valence-corrected chi connectivity index (χ0v) is 33.3. The molecule has 0 aromatic heterocycles. The first kappa shape index (κ1) is 44.0. The summed E-state index contributed by atoms with van der Waals surface area (Å²) in [7, 11) is 5.57. The Hall–Kier alpha value is -5.71. The maximum atomic E-state index is 14.7. The summed E-state index contributed by atoms with van der Waals surface area (Å²) < 4.78 is 31.3. The molecule has 2 aliphatic heterocycles. The minimum absolute atomic E-state index is 0.0249. The summed E-state index contributed by atoms with van der Waals surface area (Å²) in [6.45, 7) is 4.30. The predicted molar refractivity (Wildman–Crippen MR) is 206 cm³/mol. The maximum absolute atomic E-state index is 14.7. The van der Waals surface area contributed by atoms with Gasteiger partial charge in [-0.05, 0) is 87.4 Å². The third-order valence-electron chi connectivity index (χ3n) is 10.3. The number of hydrogen-bond acceptors (Lipinski definition) is 10. The molecule has 0 saturated heterocycles. The Bertz CT molecular complexity index is 1870. The van der Waals surface area contributed by atoms with Crippen molar-refractivity contribution in [2.24, 2.45) is 11.7 Å². The molecule has 5 rings (SSSR count). The average Bonchev–Trinajstić information content (AvgIpc) is 3.17. The summed E-state index contributed by atoms with van der Waals surface area (Å²) in [6.07, 6.45) is 3.54. The second kappa shape index (κ2) is 19.4. The second-order valence-electron chi connectivity index (χ2n) is 14.6. The number of rotatable bonds is 13. The lowest BCUT2D eigenvalue weighted by molar-refractivity contribution is -0.146. The summed E-state index contributed by atoms with van der Waals surface area (Å²) in [6, 6.07) is 2.12. The molecule has 3 aliphatic rings. The van der Waals surface area contributed by atoms with Crippen molar-refractivity contribution in [3.8, 4) is 17.2 Å². The number of aliphatic carboxylic acids is 1. The van der Waals surface area contributed by atoms with Gasteiger partial charge >= 0.3 is 5.97 Å². The van der Waals surface area contributed by atoms with E-state index in [0.29, 0.717) is 47.6 Å². The van der Waals surface area contributed by atoms with Crippen LogP contribution in [-0.4, -0.2) is 115 Å². The van der Waals surface area contributed by atoms with Gasteiger partial charge in [-0.2, -0.15) is 0 Å². The first-order valence-electron chi connectivity index (χ1n) is 18.7. The van der Waals surface area contributed by atoms with Gasteiger partial charge in [-0.15, -0.1) is 0 Å². The van der Waals surface area contributed by atoms with E-state index in [1.165, 1.54) is 72.2 Å². The number of carboxylic acids is 1. The van der Waals surface area contributed by atoms with Crippen LogP contribution in [0.1, 0.15) is 57.6 Å². The Morgan fingerprint density at radius 2 is 1.63 bits per heavy atom. The van der Waals surface area contributed by atoms with Gasteiger partial charge in [0, 0.05) is 33.4 Å². The van der Waals surface area contributed by atoms with Gasteiger partial charge in [-0.1, -0.05) is 12.1 Å². The largest absolute Gasteiger partial charge is 0.494 e. The number of carbonyl (C=O) groups is 6. The summed E-state index contributed by atoms with van der Waals surface area (Å²) in [5.74, 6) is -3.81. The molecule has 2 heterocycles. The number of nitrogens with two attached hydrogens (primary N) is 1. The fourth-order valence-corrected chi connectivity index (χ4v) is 6.86. The third kappa shape index (κ3) is 11.2. The highest BCUT2D eigenvalue weighted by molar-refractivity contribution is 5.96. The monoisotopic (exact) mass is 796 g/mol. The molecule has 6 N–H and O–H groups in total. The molecule has 17 heteroatoms. The van der Waals surface area contributed by atoms with E-state index in [1.54, 1.807) is 18.2 Å². The molecule has 7 atom stereocenters. The molecule has 0 radical (unpaired) electrons. The van der Waals surface area contributed by atoms with E-state index in [9.17, 15) is 38.3 Å². The summed E-state index contributed by atoms with van der Waals surface area (Å²) in [5, 5.41) is 17.9. The first-order chi connectivity index (χ1) is 26.9. The third-order valence-corrected chi connectivity index (χ3v) is 10.3. The molecule has 5 amide bonds. The molecular weight excluding hydrogens is 743 g/mol. The van der Waals surface area contributed by atoms with E-state index in [0.717, 1.165) is 4.90 Å². The maximum Gasteiger partial charge on any atom is 0.326 e. The number of halogens is 1. The lowest BCUT2D eigenvalue weighted by atomic mass is 9.86. The van der Waals surface area contributed by atoms with E-state index < -0.39 is 77.6 Å². The minimum atomic E-state index is -1.35. The highest BCUT2D eigenvalue weighted by Gasteiger charge is 2.37. The number of fused-ring (bicyclic) bond motifs is 7. The lowest BCUT2D eigenvalue weighted by Gasteiger charge is -2.35. The lowest BCUT2D eigenvalue weighted by Crippen LogP contribution is -2.59. The number of carbonyl (C=O) groups excluding carboxylic acids is 5. The highest BCUT2D eigenvalue weighted by atomic mass is 19.1. The number of allylic oxidation sites excluding steroid dienone is 2. The summed E-state index contributed by atoms with van der Waals surface area (Å²) in [4.78, 5) is 82.5. The van der Waals surface area contributed by atoms with Crippen LogP contribution < -0.4 is 35.9 Å². The van der Waals surface area contributed by atoms with Crippen LogP contribution in [0, 0.1) is 11.7 Å². The van der Waals surface area contributed by atoms with Crippen LogP contribution in [0.3, 0.4) is 0 Å². The van der Waals surface area contributed by atoms with Gasteiger partial charge in [0.05, 0.1) is 20.3 Å². The number of nitrogens with zero attached hydrogens (tertiary/aromatic N) is 2. The molecule has 1 aliphatic carbocycles. The van der Waals surface area contributed by atoms with Crippen LogP contribution in [0.4, 0.5) is 4.39 Å². The Kier molecular flexibility index (Phi) is 15.0. The Balaban J connectivity index is 1.58. The fourth-order valence-electron chi connectivity index (χ4n) is 6.86. The van der Waals surface area contributed by atoms with Crippen LogP contribution >= 0.6 is 0 Å². The van der Waals surface area contributed by atoms with E-state index in [1.807, 2.05) is 6.08 Å². The number of methoxy groups -OCH3 is 2. The Morgan fingerprint density at radius 3 is 2.23 bits per heavy atom. The number of benzene rings is 2.